The molecular formula is C26H28FN3O3S. The Balaban J connectivity index is 1.52. The van der Waals surface area contributed by atoms with Crippen molar-refractivity contribution in [2.75, 3.05) is 36.0 Å². The van der Waals surface area contributed by atoms with E-state index in [9.17, 15) is 17.6 Å². The fourth-order valence-corrected chi connectivity index (χ4v) is 5.62. The molecule has 4 rings (SSSR count). The third kappa shape index (κ3) is 4.98. The molecule has 0 aliphatic carbocycles. The Kier molecular flexibility index (Phi) is 7.00. The molecule has 1 amide bonds. The number of piperazine rings is 1. The molecule has 8 heteroatoms. The van der Waals surface area contributed by atoms with E-state index in [4.69, 9.17) is 0 Å². The SMILES string of the molecule is CC(C)N(C(=O)c1cccc(S(=O)(=O)N2CCN(c3ccc(F)cc3)CC2)c1)c1ccccc1. The van der Waals surface area contributed by atoms with Gasteiger partial charge >= 0.3 is 0 Å². The zero-order chi connectivity index (χ0) is 24.3. The second-order valence-corrected chi connectivity index (χ2v) is 10.4. The molecule has 34 heavy (non-hydrogen) atoms. The highest BCUT2D eigenvalue weighted by Gasteiger charge is 2.30. The van der Waals surface area contributed by atoms with Crippen molar-refractivity contribution < 1.29 is 17.6 Å². The number of hydrogen-bond acceptors (Lipinski definition) is 4. The Labute approximate surface area is 200 Å². The van der Waals surface area contributed by atoms with Crippen molar-refractivity contribution in [1.29, 1.82) is 0 Å². The molecule has 6 nitrogen and oxygen atoms in total. The Morgan fingerprint density at radius 1 is 0.882 bits per heavy atom. The summed E-state index contributed by atoms with van der Waals surface area (Å²) in [6.45, 7) is 5.45. The Morgan fingerprint density at radius 3 is 2.15 bits per heavy atom. The highest BCUT2D eigenvalue weighted by Crippen LogP contribution is 2.24. The minimum Gasteiger partial charge on any atom is -0.369 e. The number of halogens is 1. The summed E-state index contributed by atoms with van der Waals surface area (Å²) in [5, 5.41) is 0. The normalized spacial score (nSPS) is 14.9. The number of nitrogens with zero attached hydrogens (tertiary/aromatic N) is 3. The first-order valence-corrected chi connectivity index (χ1v) is 12.7. The maximum atomic E-state index is 13.4. The van der Waals surface area contributed by atoms with Gasteiger partial charge in [0, 0.05) is 49.2 Å². The van der Waals surface area contributed by atoms with Gasteiger partial charge in [0.15, 0.2) is 0 Å². The van der Waals surface area contributed by atoms with E-state index < -0.39 is 10.0 Å². The van der Waals surface area contributed by atoms with Crippen LogP contribution in [0.15, 0.2) is 83.8 Å². The number of amides is 1. The third-order valence-electron chi connectivity index (χ3n) is 5.92. The summed E-state index contributed by atoms with van der Waals surface area (Å²) in [6.07, 6.45) is 0. The summed E-state index contributed by atoms with van der Waals surface area (Å²) >= 11 is 0. The number of sulfonamides is 1. The first-order valence-electron chi connectivity index (χ1n) is 11.3. The van der Waals surface area contributed by atoms with Crippen molar-refractivity contribution >= 4 is 27.3 Å². The summed E-state index contributed by atoms with van der Waals surface area (Å²) in [6, 6.07) is 21.7. The van der Waals surface area contributed by atoms with Crippen LogP contribution in [0.25, 0.3) is 0 Å². The number of carbonyl (C=O) groups excluding carboxylic acids is 1. The number of para-hydroxylation sites is 1. The largest absolute Gasteiger partial charge is 0.369 e. The number of benzene rings is 3. The van der Waals surface area contributed by atoms with Crippen LogP contribution in [-0.4, -0.2) is 50.9 Å². The van der Waals surface area contributed by atoms with Crippen LogP contribution in [0.5, 0.6) is 0 Å². The molecular weight excluding hydrogens is 453 g/mol. The zero-order valence-corrected chi connectivity index (χ0v) is 20.1. The molecule has 1 aliphatic rings. The molecule has 1 heterocycles. The number of anilines is 2. The van der Waals surface area contributed by atoms with Crippen LogP contribution in [0.1, 0.15) is 24.2 Å². The van der Waals surface area contributed by atoms with Crippen molar-refractivity contribution in [1.82, 2.24) is 4.31 Å². The average Bonchev–Trinajstić information content (AvgIpc) is 2.85. The van der Waals surface area contributed by atoms with Crippen LogP contribution in [0.2, 0.25) is 0 Å². The Morgan fingerprint density at radius 2 is 1.53 bits per heavy atom. The van der Waals surface area contributed by atoms with Crippen LogP contribution < -0.4 is 9.80 Å². The molecule has 0 bridgehead atoms. The maximum absolute atomic E-state index is 13.4. The first-order chi connectivity index (χ1) is 16.3. The van der Waals surface area contributed by atoms with E-state index in [0.717, 1.165) is 11.4 Å². The van der Waals surface area contributed by atoms with Gasteiger partial charge in [-0.25, -0.2) is 12.8 Å². The molecule has 0 saturated carbocycles. The molecule has 0 atom stereocenters. The lowest BCUT2D eigenvalue weighted by Gasteiger charge is -2.35. The van der Waals surface area contributed by atoms with Gasteiger partial charge in [0.2, 0.25) is 10.0 Å². The summed E-state index contributed by atoms with van der Waals surface area (Å²) in [7, 11) is -3.77. The van der Waals surface area contributed by atoms with Gasteiger partial charge in [-0.2, -0.15) is 4.31 Å². The topological polar surface area (TPSA) is 60.9 Å². The average molecular weight is 482 g/mol. The van der Waals surface area contributed by atoms with Crippen LogP contribution >= 0.6 is 0 Å². The van der Waals surface area contributed by atoms with Gasteiger partial charge in [0.1, 0.15) is 5.82 Å². The highest BCUT2D eigenvalue weighted by molar-refractivity contribution is 7.89. The van der Waals surface area contributed by atoms with E-state index >= 15 is 0 Å². The minimum atomic E-state index is -3.77. The molecule has 0 unspecified atom stereocenters. The van der Waals surface area contributed by atoms with Crippen LogP contribution in [0, 0.1) is 5.82 Å². The molecule has 1 aliphatic heterocycles. The predicted molar refractivity (Wildman–Crippen MR) is 132 cm³/mol. The smallest absolute Gasteiger partial charge is 0.258 e. The van der Waals surface area contributed by atoms with Crippen LogP contribution in [0.4, 0.5) is 15.8 Å². The van der Waals surface area contributed by atoms with Gasteiger partial charge < -0.3 is 9.80 Å². The fourth-order valence-electron chi connectivity index (χ4n) is 4.15. The quantitative estimate of drug-likeness (QED) is 0.524. The molecule has 0 aromatic heterocycles. The van der Waals surface area contributed by atoms with Crippen LogP contribution in [0.3, 0.4) is 0 Å². The van der Waals surface area contributed by atoms with E-state index in [1.807, 2.05) is 49.1 Å². The standard InChI is InChI=1S/C26H28FN3O3S/c1-20(2)30(24-8-4-3-5-9-24)26(31)21-7-6-10-25(19-21)34(32,33)29-17-15-28(16-18-29)23-13-11-22(27)12-14-23/h3-14,19-20H,15-18H2,1-2H3. The monoisotopic (exact) mass is 481 g/mol. The van der Waals surface area contributed by atoms with E-state index in [1.54, 1.807) is 29.2 Å². The third-order valence-corrected chi connectivity index (χ3v) is 7.81. The van der Waals surface area contributed by atoms with Gasteiger partial charge in [-0.1, -0.05) is 24.3 Å². The van der Waals surface area contributed by atoms with E-state index in [0.29, 0.717) is 31.7 Å². The molecule has 178 valence electrons. The lowest BCUT2D eigenvalue weighted by atomic mass is 10.1. The lowest BCUT2D eigenvalue weighted by Crippen LogP contribution is -2.48. The summed E-state index contributed by atoms with van der Waals surface area (Å²) in [5.41, 5.74) is 1.94. The van der Waals surface area contributed by atoms with Gasteiger partial charge in [-0.15, -0.1) is 0 Å². The summed E-state index contributed by atoms with van der Waals surface area (Å²) in [4.78, 5) is 17.1. The van der Waals surface area contributed by atoms with E-state index in [-0.39, 0.29) is 22.7 Å². The molecule has 1 saturated heterocycles. The summed E-state index contributed by atoms with van der Waals surface area (Å²) in [5.74, 6) is -0.554. The Bertz CT molecular complexity index is 1240. The predicted octanol–water partition coefficient (Wildman–Crippen LogP) is 4.39. The zero-order valence-electron chi connectivity index (χ0n) is 19.3. The molecule has 3 aromatic carbocycles. The van der Waals surface area contributed by atoms with Crippen molar-refractivity contribution in [2.45, 2.75) is 24.8 Å². The van der Waals surface area contributed by atoms with Gasteiger partial charge in [-0.3, -0.25) is 4.79 Å². The second-order valence-electron chi connectivity index (χ2n) is 8.50. The van der Waals surface area contributed by atoms with Gasteiger partial charge in [0.05, 0.1) is 4.90 Å². The molecule has 3 aromatic rings. The fraction of sp³-hybridized carbons (Fsp3) is 0.269. The first kappa shape index (κ1) is 23.9. The Hall–Kier alpha value is -3.23. The number of rotatable bonds is 6. The minimum absolute atomic E-state index is 0.102. The highest BCUT2D eigenvalue weighted by atomic mass is 32.2. The van der Waals surface area contributed by atoms with Crippen molar-refractivity contribution in [3.8, 4) is 0 Å². The maximum Gasteiger partial charge on any atom is 0.258 e. The van der Waals surface area contributed by atoms with Gasteiger partial charge in [0.25, 0.3) is 5.91 Å². The molecule has 0 N–H and O–H groups in total. The van der Waals surface area contributed by atoms with E-state index in [2.05, 4.69) is 0 Å². The number of carbonyl (C=O) groups is 1. The lowest BCUT2D eigenvalue weighted by molar-refractivity contribution is 0.0980. The van der Waals surface area contributed by atoms with Crippen molar-refractivity contribution in [3.05, 3.63) is 90.2 Å². The van der Waals surface area contributed by atoms with E-state index in [1.165, 1.54) is 28.6 Å². The molecule has 0 radical (unpaired) electrons. The molecule has 0 spiro atoms. The summed E-state index contributed by atoms with van der Waals surface area (Å²) < 4.78 is 41.4. The second kappa shape index (κ2) is 9.95. The van der Waals surface area contributed by atoms with Crippen LogP contribution in [-0.2, 0) is 10.0 Å². The van der Waals surface area contributed by atoms with Crippen molar-refractivity contribution in [2.24, 2.45) is 0 Å². The molecule has 1 fully saturated rings. The van der Waals surface area contributed by atoms with Gasteiger partial charge in [-0.05, 0) is 68.4 Å². The number of hydrogen-bond donors (Lipinski definition) is 0. The van der Waals surface area contributed by atoms with Crippen molar-refractivity contribution in [3.63, 3.8) is 0 Å².